The van der Waals surface area contributed by atoms with E-state index >= 15 is 0 Å². The van der Waals surface area contributed by atoms with Gasteiger partial charge in [-0.25, -0.2) is 0 Å². The van der Waals surface area contributed by atoms with Gasteiger partial charge in [-0.2, -0.15) is 4.98 Å². The summed E-state index contributed by atoms with van der Waals surface area (Å²) in [4.78, 5) is 19.4. The van der Waals surface area contributed by atoms with Gasteiger partial charge in [0.1, 0.15) is 0 Å². The molecule has 0 atom stereocenters. The number of likely N-dealkylation sites (tertiary alicyclic amines) is 1. The first-order valence-corrected chi connectivity index (χ1v) is 10.1. The second kappa shape index (κ2) is 8.57. The fourth-order valence-corrected chi connectivity index (χ4v) is 3.63. The van der Waals surface area contributed by atoms with Crippen molar-refractivity contribution >= 4 is 11.6 Å². The number of hydrogen-bond donors (Lipinski definition) is 1. The summed E-state index contributed by atoms with van der Waals surface area (Å²) < 4.78 is 5.42. The molecular formula is C23H26N4O2. The Hall–Kier alpha value is -2.99. The van der Waals surface area contributed by atoms with Crippen LogP contribution < -0.4 is 5.32 Å². The second-order valence-electron chi connectivity index (χ2n) is 7.74. The molecule has 0 saturated carbocycles. The molecule has 1 saturated heterocycles. The standard InChI is InChI=1S/C23H26N4O2/c1-16-7-9-19(10-8-16)23-25-21(26-29-23)15-27-13-11-18(12-14-27)22(28)24-20-6-4-3-5-17(20)2/h3-10,18H,11-15H2,1-2H3,(H,24,28). The minimum Gasteiger partial charge on any atom is -0.334 e. The lowest BCUT2D eigenvalue weighted by Crippen LogP contribution is -2.38. The predicted molar refractivity (Wildman–Crippen MR) is 112 cm³/mol. The van der Waals surface area contributed by atoms with E-state index in [0.29, 0.717) is 18.3 Å². The van der Waals surface area contributed by atoms with Crippen molar-refractivity contribution in [2.75, 3.05) is 18.4 Å². The van der Waals surface area contributed by atoms with Gasteiger partial charge in [0.15, 0.2) is 5.82 Å². The maximum atomic E-state index is 12.6. The molecule has 1 aliphatic rings. The van der Waals surface area contributed by atoms with Crippen LogP contribution in [-0.4, -0.2) is 34.0 Å². The zero-order chi connectivity index (χ0) is 20.2. The Labute approximate surface area is 170 Å². The number of nitrogens with one attached hydrogen (secondary N) is 1. The molecule has 0 aliphatic carbocycles. The average Bonchev–Trinajstić information content (AvgIpc) is 3.19. The third kappa shape index (κ3) is 4.71. The van der Waals surface area contributed by atoms with Gasteiger partial charge in [0.2, 0.25) is 5.91 Å². The molecule has 6 nitrogen and oxygen atoms in total. The monoisotopic (exact) mass is 390 g/mol. The third-order valence-corrected chi connectivity index (χ3v) is 5.49. The van der Waals surface area contributed by atoms with Crippen LogP contribution in [0.3, 0.4) is 0 Å². The number of piperidine rings is 1. The van der Waals surface area contributed by atoms with Gasteiger partial charge in [0, 0.05) is 17.2 Å². The minimum absolute atomic E-state index is 0.0410. The van der Waals surface area contributed by atoms with Gasteiger partial charge >= 0.3 is 0 Å². The van der Waals surface area contributed by atoms with Crippen molar-refractivity contribution in [1.29, 1.82) is 0 Å². The van der Waals surface area contributed by atoms with Crippen LogP contribution in [0.15, 0.2) is 53.1 Å². The van der Waals surface area contributed by atoms with Crippen LogP contribution in [0, 0.1) is 19.8 Å². The van der Waals surface area contributed by atoms with Crippen molar-refractivity contribution in [3.8, 4) is 11.5 Å². The van der Waals surface area contributed by atoms with Crippen LogP contribution in [0.4, 0.5) is 5.69 Å². The number of nitrogens with zero attached hydrogens (tertiary/aromatic N) is 3. The topological polar surface area (TPSA) is 71.3 Å². The summed E-state index contributed by atoms with van der Waals surface area (Å²) in [5.41, 5.74) is 4.11. The summed E-state index contributed by atoms with van der Waals surface area (Å²) >= 11 is 0. The van der Waals surface area contributed by atoms with Crippen molar-refractivity contribution in [3.63, 3.8) is 0 Å². The van der Waals surface area contributed by atoms with Gasteiger partial charge in [-0.05, 0) is 63.5 Å². The molecule has 1 aliphatic heterocycles. The maximum absolute atomic E-state index is 12.6. The first-order chi connectivity index (χ1) is 14.1. The largest absolute Gasteiger partial charge is 0.334 e. The molecule has 2 aromatic carbocycles. The highest BCUT2D eigenvalue weighted by atomic mass is 16.5. The number of carbonyl (C=O) groups excluding carboxylic acids is 1. The number of amides is 1. The van der Waals surface area contributed by atoms with Crippen molar-refractivity contribution in [3.05, 3.63) is 65.5 Å². The van der Waals surface area contributed by atoms with Crippen LogP contribution in [0.1, 0.15) is 29.8 Å². The van der Waals surface area contributed by atoms with Crippen molar-refractivity contribution < 1.29 is 9.32 Å². The van der Waals surface area contributed by atoms with Gasteiger partial charge in [0.05, 0.1) is 6.54 Å². The summed E-state index contributed by atoms with van der Waals surface area (Å²) in [6.07, 6.45) is 1.67. The molecule has 2 heterocycles. The summed E-state index contributed by atoms with van der Waals surface area (Å²) in [5.74, 6) is 1.38. The smallest absolute Gasteiger partial charge is 0.257 e. The van der Waals surface area contributed by atoms with Crippen molar-refractivity contribution in [2.24, 2.45) is 5.92 Å². The highest BCUT2D eigenvalue weighted by molar-refractivity contribution is 5.93. The zero-order valence-corrected chi connectivity index (χ0v) is 16.9. The van der Waals surface area contributed by atoms with E-state index in [0.717, 1.165) is 42.7 Å². The normalized spacial score (nSPS) is 15.4. The average molecular weight is 390 g/mol. The molecule has 4 rings (SSSR count). The Balaban J connectivity index is 1.29. The summed E-state index contributed by atoms with van der Waals surface area (Å²) in [5, 5.41) is 7.19. The quantitative estimate of drug-likeness (QED) is 0.707. The molecule has 1 fully saturated rings. The molecule has 1 N–H and O–H groups in total. The summed E-state index contributed by atoms with van der Waals surface area (Å²) in [6.45, 7) is 6.39. The van der Waals surface area contributed by atoms with Crippen molar-refractivity contribution in [2.45, 2.75) is 33.2 Å². The molecule has 0 spiro atoms. The maximum Gasteiger partial charge on any atom is 0.257 e. The van der Waals surface area contributed by atoms with Gasteiger partial charge in [-0.15, -0.1) is 0 Å². The van der Waals surface area contributed by atoms with E-state index in [2.05, 4.69) is 20.4 Å². The zero-order valence-electron chi connectivity index (χ0n) is 16.9. The second-order valence-corrected chi connectivity index (χ2v) is 7.74. The third-order valence-electron chi connectivity index (χ3n) is 5.49. The molecule has 0 unspecified atom stereocenters. The van der Waals surface area contributed by atoms with Crippen LogP contribution in [0.25, 0.3) is 11.5 Å². The predicted octanol–water partition coefficient (Wildman–Crippen LogP) is 4.20. The molecule has 150 valence electrons. The van der Waals surface area contributed by atoms with Crippen LogP contribution >= 0.6 is 0 Å². The first-order valence-electron chi connectivity index (χ1n) is 10.1. The van der Waals surface area contributed by atoms with Crippen LogP contribution in [0.5, 0.6) is 0 Å². The SMILES string of the molecule is Cc1ccc(-c2nc(CN3CCC(C(=O)Nc4ccccc4C)CC3)no2)cc1. The Morgan fingerprint density at radius 2 is 1.83 bits per heavy atom. The van der Waals surface area contributed by atoms with Crippen LogP contribution in [-0.2, 0) is 11.3 Å². The Kier molecular flexibility index (Phi) is 5.71. The van der Waals surface area contributed by atoms with Gasteiger partial charge < -0.3 is 9.84 Å². The number of hydrogen-bond acceptors (Lipinski definition) is 5. The Morgan fingerprint density at radius 1 is 1.10 bits per heavy atom. The molecule has 6 heteroatoms. The van der Waals surface area contributed by atoms with E-state index in [1.165, 1.54) is 5.56 Å². The lowest BCUT2D eigenvalue weighted by Gasteiger charge is -2.30. The number of benzene rings is 2. The Morgan fingerprint density at radius 3 is 2.55 bits per heavy atom. The number of anilines is 1. The van der Waals surface area contributed by atoms with E-state index in [4.69, 9.17) is 4.52 Å². The van der Waals surface area contributed by atoms with E-state index in [9.17, 15) is 4.79 Å². The lowest BCUT2D eigenvalue weighted by molar-refractivity contribution is -0.121. The molecule has 0 bridgehead atoms. The molecule has 29 heavy (non-hydrogen) atoms. The summed E-state index contributed by atoms with van der Waals surface area (Å²) in [6, 6.07) is 15.9. The molecular weight excluding hydrogens is 364 g/mol. The van der Waals surface area contributed by atoms with Gasteiger partial charge in [0.25, 0.3) is 5.89 Å². The molecule has 1 aromatic heterocycles. The number of carbonyl (C=O) groups is 1. The summed E-state index contributed by atoms with van der Waals surface area (Å²) in [7, 11) is 0. The fraction of sp³-hybridized carbons (Fsp3) is 0.348. The first kappa shape index (κ1) is 19.3. The molecule has 0 radical (unpaired) electrons. The highest BCUT2D eigenvalue weighted by Crippen LogP contribution is 2.23. The van der Waals surface area contributed by atoms with E-state index in [1.807, 2.05) is 62.4 Å². The van der Waals surface area contributed by atoms with Crippen LogP contribution in [0.2, 0.25) is 0 Å². The van der Waals surface area contributed by atoms with E-state index in [1.54, 1.807) is 0 Å². The Bertz CT molecular complexity index is 973. The van der Waals surface area contributed by atoms with Gasteiger partial charge in [-0.1, -0.05) is 41.1 Å². The lowest BCUT2D eigenvalue weighted by atomic mass is 9.95. The fourth-order valence-electron chi connectivity index (χ4n) is 3.63. The number of rotatable bonds is 5. The van der Waals surface area contributed by atoms with Gasteiger partial charge in [-0.3, -0.25) is 9.69 Å². The van der Waals surface area contributed by atoms with Crippen molar-refractivity contribution in [1.82, 2.24) is 15.0 Å². The highest BCUT2D eigenvalue weighted by Gasteiger charge is 2.26. The minimum atomic E-state index is 0.0410. The number of aryl methyl sites for hydroxylation is 2. The molecule has 1 amide bonds. The number of para-hydroxylation sites is 1. The van der Waals surface area contributed by atoms with E-state index in [-0.39, 0.29) is 11.8 Å². The molecule has 3 aromatic rings. The number of aromatic nitrogens is 2. The van der Waals surface area contributed by atoms with E-state index < -0.39 is 0 Å².